The lowest BCUT2D eigenvalue weighted by molar-refractivity contribution is 0.498. The Morgan fingerprint density at radius 1 is 1.62 bits per heavy atom. The summed E-state index contributed by atoms with van der Waals surface area (Å²) in [5.41, 5.74) is 7.27. The maximum atomic E-state index is 5.38. The van der Waals surface area contributed by atoms with E-state index >= 15 is 0 Å². The fraction of sp³-hybridized carbons (Fsp3) is 0.222. The van der Waals surface area contributed by atoms with Gasteiger partial charge >= 0.3 is 0 Å². The van der Waals surface area contributed by atoms with Crippen molar-refractivity contribution in [2.75, 3.05) is 0 Å². The third kappa shape index (κ3) is 1.48. The molecule has 13 heavy (non-hydrogen) atoms. The minimum absolute atomic E-state index is 0.340. The highest BCUT2D eigenvalue weighted by Gasteiger charge is 2.04. The molecule has 0 atom stereocenters. The molecule has 2 aromatic heterocycles. The van der Waals surface area contributed by atoms with Crippen LogP contribution in [-0.4, -0.2) is 9.55 Å². The van der Waals surface area contributed by atoms with Crippen LogP contribution in [0.5, 0.6) is 0 Å². The van der Waals surface area contributed by atoms with Gasteiger partial charge in [-0.15, -0.1) is 0 Å². The van der Waals surface area contributed by atoms with Crippen molar-refractivity contribution in [3.8, 4) is 11.3 Å². The summed E-state index contributed by atoms with van der Waals surface area (Å²) >= 11 is 0. The highest BCUT2D eigenvalue weighted by Crippen LogP contribution is 2.18. The summed E-state index contributed by atoms with van der Waals surface area (Å²) in [5.74, 6) is 0.568. The van der Waals surface area contributed by atoms with Crippen LogP contribution < -0.4 is 5.73 Å². The summed E-state index contributed by atoms with van der Waals surface area (Å²) in [6, 6.07) is 1.98. The van der Waals surface area contributed by atoms with Gasteiger partial charge in [-0.1, -0.05) is 0 Å². The Morgan fingerprint density at radius 2 is 2.46 bits per heavy atom. The summed E-state index contributed by atoms with van der Waals surface area (Å²) in [7, 11) is 1.97. The molecule has 0 saturated heterocycles. The van der Waals surface area contributed by atoms with Crippen molar-refractivity contribution in [2.24, 2.45) is 12.8 Å². The summed E-state index contributed by atoms with van der Waals surface area (Å²) < 4.78 is 7.10. The van der Waals surface area contributed by atoms with Crippen LogP contribution in [-0.2, 0) is 13.6 Å². The first-order valence-corrected chi connectivity index (χ1v) is 4.06. The van der Waals surface area contributed by atoms with Gasteiger partial charge in [0, 0.05) is 25.0 Å². The number of hydrogen-bond donors (Lipinski definition) is 1. The number of nitrogens with two attached hydrogens (primary N) is 1. The molecular formula is C9H11N3O. The molecule has 0 unspecified atom stereocenters. The van der Waals surface area contributed by atoms with Crippen LogP contribution in [0.1, 0.15) is 5.89 Å². The van der Waals surface area contributed by atoms with Crippen LogP contribution in [0, 0.1) is 0 Å². The van der Waals surface area contributed by atoms with Crippen LogP contribution in [0.4, 0.5) is 0 Å². The van der Waals surface area contributed by atoms with E-state index in [1.165, 1.54) is 0 Å². The first-order valence-electron chi connectivity index (χ1n) is 4.06. The summed E-state index contributed by atoms with van der Waals surface area (Å²) in [6.45, 7) is 0.340. The Labute approximate surface area is 76.0 Å². The molecule has 0 radical (unpaired) electrons. The molecule has 4 heteroatoms. The van der Waals surface area contributed by atoms with Crippen LogP contribution in [0.15, 0.2) is 29.1 Å². The SMILES string of the molecule is Cn1ccc(-c2coc(CN)n2)c1. The Hall–Kier alpha value is -1.55. The molecule has 68 valence electrons. The van der Waals surface area contributed by atoms with Crippen molar-refractivity contribution in [2.45, 2.75) is 6.54 Å². The maximum Gasteiger partial charge on any atom is 0.208 e. The maximum absolute atomic E-state index is 5.38. The van der Waals surface area contributed by atoms with E-state index in [1.54, 1.807) is 6.26 Å². The van der Waals surface area contributed by atoms with Gasteiger partial charge in [0.05, 0.1) is 6.54 Å². The van der Waals surface area contributed by atoms with Gasteiger partial charge in [-0.2, -0.15) is 0 Å². The second-order valence-corrected chi connectivity index (χ2v) is 2.90. The molecule has 0 aromatic carbocycles. The first-order chi connectivity index (χ1) is 6.29. The zero-order valence-electron chi connectivity index (χ0n) is 7.40. The largest absolute Gasteiger partial charge is 0.447 e. The lowest BCUT2D eigenvalue weighted by Crippen LogP contribution is -1.95. The third-order valence-electron chi connectivity index (χ3n) is 1.85. The van der Waals surface area contributed by atoms with Crippen LogP contribution >= 0.6 is 0 Å². The number of nitrogens with zero attached hydrogens (tertiary/aromatic N) is 2. The normalized spacial score (nSPS) is 10.6. The predicted octanol–water partition coefficient (Wildman–Crippen LogP) is 1.14. The molecule has 2 N–H and O–H groups in total. The lowest BCUT2D eigenvalue weighted by Gasteiger charge is -1.87. The van der Waals surface area contributed by atoms with Gasteiger partial charge < -0.3 is 14.7 Å². The standard InChI is InChI=1S/C9H11N3O/c1-12-3-2-7(5-12)8-6-13-9(4-10)11-8/h2-3,5-6H,4,10H2,1H3. The smallest absolute Gasteiger partial charge is 0.208 e. The van der Waals surface area contributed by atoms with Crippen LogP contribution in [0.25, 0.3) is 11.3 Å². The van der Waals surface area contributed by atoms with E-state index in [4.69, 9.17) is 10.2 Å². The molecule has 0 aliphatic carbocycles. The molecule has 2 heterocycles. The highest BCUT2D eigenvalue weighted by molar-refractivity contribution is 5.56. The van der Waals surface area contributed by atoms with E-state index in [1.807, 2.05) is 30.1 Å². The summed E-state index contributed by atoms with van der Waals surface area (Å²) in [5, 5.41) is 0. The van der Waals surface area contributed by atoms with Gasteiger partial charge in [0.1, 0.15) is 12.0 Å². The number of oxazole rings is 1. The monoisotopic (exact) mass is 177 g/mol. The second kappa shape index (κ2) is 3.06. The summed E-state index contributed by atoms with van der Waals surface area (Å²) in [4.78, 5) is 4.21. The Bertz CT molecular complexity index is 402. The van der Waals surface area contributed by atoms with Crippen LogP contribution in [0.2, 0.25) is 0 Å². The number of rotatable bonds is 2. The molecule has 0 saturated carbocycles. The van der Waals surface area contributed by atoms with Gasteiger partial charge in [-0.05, 0) is 6.07 Å². The van der Waals surface area contributed by atoms with Crippen molar-refractivity contribution in [3.63, 3.8) is 0 Å². The van der Waals surface area contributed by atoms with Gasteiger partial charge in [-0.3, -0.25) is 0 Å². The van der Waals surface area contributed by atoms with Gasteiger partial charge in [0.15, 0.2) is 0 Å². The molecule has 0 bridgehead atoms. The Kier molecular flexibility index (Phi) is 1.90. The summed E-state index contributed by atoms with van der Waals surface area (Å²) in [6.07, 6.45) is 5.57. The zero-order valence-corrected chi connectivity index (χ0v) is 7.40. The Balaban J connectivity index is 2.35. The van der Waals surface area contributed by atoms with Gasteiger partial charge in [-0.25, -0.2) is 4.98 Å². The number of aryl methyl sites for hydroxylation is 1. The molecular weight excluding hydrogens is 166 g/mol. The van der Waals surface area contributed by atoms with Crippen molar-refractivity contribution >= 4 is 0 Å². The molecule has 0 aliphatic rings. The van der Waals surface area contributed by atoms with E-state index in [9.17, 15) is 0 Å². The van der Waals surface area contributed by atoms with Crippen molar-refractivity contribution in [3.05, 3.63) is 30.6 Å². The first kappa shape index (κ1) is 8.07. The topological polar surface area (TPSA) is 57.0 Å². The quantitative estimate of drug-likeness (QED) is 0.748. The fourth-order valence-electron chi connectivity index (χ4n) is 1.19. The number of hydrogen-bond acceptors (Lipinski definition) is 3. The molecule has 2 rings (SSSR count). The minimum Gasteiger partial charge on any atom is -0.447 e. The lowest BCUT2D eigenvalue weighted by atomic mass is 10.3. The van der Waals surface area contributed by atoms with Gasteiger partial charge in [0.2, 0.25) is 5.89 Å². The average molecular weight is 177 g/mol. The van der Waals surface area contributed by atoms with E-state index in [0.717, 1.165) is 11.3 Å². The van der Waals surface area contributed by atoms with E-state index in [-0.39, 0.29) is 0 Å². The van der Waals surface area contributed by atoms with Crippen molar-refractivity contribution < 1.29 is 4.42 Å². The van der Waals surface area contributed by atoms with Gasteiger partial charge in [0.25, 0.3) is 0 Å². The molecule has 0 fully saturated rings. The van der Waals surface area contributed by atoms with Crippen molar-refractivity contribution in [1.29, 1.82) is 0 Å². The highest BCUT2D eigenvalue weighted by atomic mass is 16.3. The van der Waals surface area contributed by atoms with E-state index in [2.05, 4.69) is 4.98 Å². The number of aromatic nitrogens is 2. The van der Waals surface area contributed by atoms with Crippen LogP contribution in [0.3, 0.4) is 0 Å². The third-order valence-corrected chi connectivity index (χ3v) is 1.85. The molecule has 0 aliphatic heterocycles. The Morgan fingerprint density at radius 3 is 3.00 bits per heavy atom. The minimum atomic E-state index is 0.340. The van der Waals surface area contributed by atoms with E-state index < -0.39 is 0 Å². The molecule has 0 spiro atoms. The molecule has 2 aromatic rings. The molecule has 0 amide bonds. The van der Waals surface area contributed by atoms with E-state index in [0.29, 0.717) is 12.4 Å². The second-order valence-electron chi connectivity index (χ2n) is 2.90. The zero-order chi connectivity index (χ0) is 9.26. The average Bonchev–Trinajstić information content (AvgIpc) is 2.71. The predicted molar refractivity (Wildman–Crippen MR) is 48.8 cm³/mol. The van der Waals surface area contributed by atoms with Crippen molar-refractivity contribution in [1.82, 2.24) is 9.55 Å². The fourth-order valence-corrected chi connectivity index (χ4v) is 1.19. The molecule has 4 nitrogen and oxygen atoms in total.